The molecule has 0 amide bonds. The van der Waals surface area contributed by atoms with Crippen LogP contribution in [0, 0.1) is 12.3 Å². The number of nitrogens with one attached hydrogen (secondary N) is 1. The molecule has 0 radical (unpaired) electrons. The average molecular weight is 256 g/mol. The molecule has 1 aliphatic rings. The second-order valence-corrected chi connectivity index (χ2v) is 6.10. The highest BCUT2D eigenvalue weighted by Gasteiger charge is 2.35. The monoisotopic (exact) mass is 256 g/mol. The van der Waals surface area contributed by atoms with Gasteiger partial charge in [0, 0.05) is 13.1 Å². The summed E-state index contributed by atoms with van der Waals surface area (Å²) in [6.07, 6.45) is 6.84. The van der Waals surface area contributed by atoms with Crippen molar-refractivity contribution in [3.8, 4) is 12.3 Å². The summed E-state index contributed by atoms with van der Waals surface area (Å²) >= 11 is 0. The standard InChI is InChI=1S/C17H24N2/c1-5-16(2,3)19-13-9-12-18-17(4,14-19)15-10-7-6-8-11-15/h1,6-8,10-11,18H,9,12-14H2,2-4H3. The van der Waals surface area contributed by atoms with E-state index in [0.29, 0.717) is 0 Å². The number of nitrogens with zero attached hydrogens (tertiary/aromatic N) is 1. The molecule has 1 N–H and O–H groups in total. The summed E-state index contributed by atoms with van der Waals surface area (Å²) in [7, 11) is 0. The van der Waals surface area contributed by atoms with Crippen LogP contribution < -0.4 is 5.32 Å². The van der Waals surface area contributed by atoms with Gasteiger partial charge >= 0.3 is 0 Å². The Bertz CT molecular complexity index is 458. The lowest BCUT2D eigenvalue weighted by molar-refractivity contribution is 0.139. The first-order chi connectivity index (χ1) is 8.98. The summed E-state index contributed by atoms with van der Waals surface area (Å²) < 4.78 is 0. The fourth-order valence-corrected chi connectivity index (χ4v) is 2.72. The quantitative estimate of drug-likeness (QED) is 0.818. The molecule has 0 aromatic heterocycles. The third-order valence-electron chi connectivity index (χ3n) is 4.18. The second-order valence-electron chi connectivity index (χ2n) is 6.10. The van der Waals surface area contributed by atoms with E-state index < -0.39 is 0 Å². The number of benzene rings is 1. The Kier molecular flexibility index (Phi) is 3.99. The van der Waals surface area contributed by atoms with Crippen LogP contribution in [0.3, 0.4) is 0 Å². The minimum absolute atomic E-state index is 0.0358. The predicted octanol–water partition coefficient (Wildman–Crippen LogP) is 2.61. The summed E-state index contributed by atoms with van der Waals surface area (Å²) in [5, 5.41) is 3.69. The molecule has 2 rings (SSSR count). The highest BCUT2D eigenvalue weighted by molar-refractivity contribution is 5.25. The van der Waals surface area contributed by atoms with Crippen LogP contribution in [0.1, 0.15) is 32.8 Å². The third-order valence-corrected chi connectivity index (χ3v) is 4.18. The van der Waals surface area contributed by atoms with Gasteiger partial charge in [-0.3, -0.25) is 4.90 Å². The van der Waals surface area contributed by atoms with Gasteiger partial charge in [0.2, 0.25) is 0 Å². The lowest BCUT2D eigenvalue weighted by Crippen LogP contribution is -2.52. The molecule has 1 atom stereocenters. The van der Waals surface area contributed by atoms with Crippen LogP contribution in [0.4, 0.5) is 0 Å². The van der Waals surface area contributed by atoms with Gasteiger partial charge in [0.1, 0.15) is 0 Å². The minimum Gasteiger partial charge on any atom is -0.306 e. The summed E-state index contributed by atoms with van der Waals surface area (Å²) in [4.78, 5) is 2.42. The molecule has 1 fully saturated rings. The van der Waals surface area contributed by atoms with Gasteiger partial charge in [-0.05, 0) is 39.3 Å². The Morgan fingerprint density at radius 3 is 2.63 bits per heavy atom. The normalized spacial score (nSPS) is 25.6. The first-order valence-electron chi connectivity index (χ1n) is 7.01. The van der Waals surface area contributed by atoms with E-state index in [-0.39, 0.29) is 11.1 Å². The van der Waals surface area contributed by atoms with Crippen molar-refractivity contribution in [2.75, 3.05) is 19.6 Å². The average Bonchev–Trinajstić information content (AvgIpc) is 2.63. The number of terminal acetylenes is 1. The van der Waals surface area contributed by atoms with Gasteiger partial charge in [-0.25, -0.2) is 0 Å². The molecule has 1 heterocycles. The molecule has 1 aromatic carbocycles. The fourth-order valence-electron chi connectivity index (χ4n) is 2.72. The highest BCUT2D eigenvalue weighted by atomic mass is 15.2. The van der Waals surface area contributed by atoms with Crippen molar-refractivity contribution in [2.45, 2.75) is 38.3 Å². The number of hydrogen-bond donors (Lipinski definition) is 1. The van der Waals surface area contributed by atoms with E-state index in [1.165, 1.54) is 5.56 Å². The van der Waals surface area contributed by atoms with Crippen molar-refractivity contribution in [3.63, 3.8) is 0 Å². The Balaban J connectivity index is 2.29. The zero-order valence-electron chi connectivity index (χ0n) is 12.2. The maximum atomic E-state index is 5.70. The maximum absolute atomic E-state index is 5.70. The van der Waals surface area contributed by atoms with Gasteiger partial charge in [-0.15, -0.1) is 6.42 Å². The molecule has 1 aromatic rings. The topological polar surface area (TPSA) is 15.3 Å². The second kappa shape index (κ2) is 5.36. The van der Waals surface area contributed by atoms with Gasteiger partial charge < -0.3 is 5.32 Å². The van der Waals surface area contributed by atoms with E-state index in [1.54, 1.807) is 0 Å². The minimum atomic E-state index is -0.192. The van der Waals surface area contributed by atoms with E-state index >= 15 is 0 Å². The predicted molar refractivity (Wildman–Crippen MR) is 80.9 cm³/mol. The maximum Gasteiger partial charge on any atom is 0.0766 e. The van der Waals surface area contributed by atoms with Crippen molar-refractivity contribution < 1.29 is 0 Å². The molecule has 1 aliphatic heterocycles. The van der Waals surface area contributed by atoms with Crippen molar-refractivity contribution in [2.24, 2.45) is 0 Å². The molecule has 1 unspecified atom stereocenters. The SMILES string of the molecule is C#CC(C)(C)N1CCCNC(C)(c2ccccc2)C1. The van der Waals surface area contributed by atoms with E-state index in [1.807, 2.05) is 0 Å². The Morgan fingerprint density at radius 1 is 1.32 bits per heavy atom. The zero-order chi connectivity index (χ0) is 13.9. The molecule has 102 valence electrons. The van der Waals surface area contributed by atoms with E-state index in [9.17, 15) is 0 Å². The Morgan fingerprint density at radius 2 is 2.00 bits per heavy atom. The van der Waals surface area contributed by atoms with Gasteiger partial charge in [0.25, 0.3) is 0 Å². The largest absolute Gasteiger partial charge is 0.306 e. The van der Waals surface area contributed by atoms with Crippen LogP contribution in [0.2, 0.25) is 0 Å². The van der Waals surface area contributed by atoms with E-state index in [0.717, 1.165) is 26.1 Å². The van der Waals surface area contributed by atoms with Crippen molar-refractivity contribution >= 4 is 0 Å². The van der Waals surface area contributed by atoms with Gasteiger partial charge in [0.05, 0.1) is 11.1 Å². The van der Waals surface area contributed by atoms with E-state index in [2.05, 4.69) is 67.2 Å². The summed E-state index contributed by atoms with van der Waals surface area (Å²) in [5.41, 5.74) is 1.10. The van der Waals surface area contributed by atoms with Crippen molar-refractivity contribution in [1.82, 2.24) is 10.2 Å². The number of hydrogen-bond acceptors (Lipinski definition) is 2. The lowest BCUT2D eigenvalue weighted by Gasteiger charge is -2.40. The molecule has 2 nitrogen and oxygen atoms in total. The van der Waals surface area contributed by atoms with Crippen LogP contribution in [-0.2, 0) is 5.54 Å². The third kappa shape index (κ3) is 3.00. The first-order valence-corrected chi connectivity index (χ1v) is 7.01. The van der Waals surface area contributed by atoms with E-state index in [4.69, 9.17) is 6.42 Å². The molecule has 2 heteroatoms. The fraction of sp³-hybridized carbons (Fsp3) is 0.529. The van der Waals surface area contributed by atoms with Crippen molar-refractivity contribution in [3.05, 3.63) is 35.9 Å². The molecule has 0 saturated carbocycles. The van der Waals surface area contributed by atoms with Crippen LogP contribution in [0.5, 0.6) is 0 Å². The summed E-state index contributed by atoms with van der Waals surface area (Å²) in [6, 6.07) is 10.7. The van der Waals surface area contributed by atoms with Gasteiger partial charge in [-0.1, -0.05) is 36.3 Å². The van der Waals surface area contributed by atoms with Crippen molar-refractivity contribution in [1.29, 1.82) is 0 Å². The van der Waals surface area contributed by atoms with Crippen LogP contribution in [0.25, 0.3) is 0 Å². The smallest absolute Gasteiger partial charge is 0.0766 e. The van der Waals surface area contributed by atoms with Gasteiger partial charge in [-0.2, -0.15) is 0 Å². The Hall–Kier alpha value is -1.30. The molecule has 0 spiro atoms. The number of rotatable bonds is 2. The first kappa shape index (κ1) is 14.1. The lowest BCUT2D eigenvalue weighted by atomic mass is 9.90. The molecular formula is C17H24N2. The van der Waals surface area contributed by atoms with Gasteiger partial charge in [0.15, 0.2) is 0 Å². The molecule has 19 heavy (non-hydrogen) atoms. The Labute approximate surface area is 117 Å². The van der Waals surface area contributed by atoms with Crippen LogP contribution in [0.15, 0.2) is 30.3 Å². The molecule has 0 bridgehead atoms. The highest BCUT2D eigenvalue weighted by Crippen LogP contribution is 2.27. The summed E-state index contributed by atoms with van der Waals surface area (Å²) in [5.74, 6) is 2.93. The molecular weight excluding hydrogens is 232 g/mol. The zero-order valence-corrected chi connectivity index (χ0v) is 12.2. The summed E-state index contributed by atoms with van der Waals surface area (Å²) in [6.45, 7) is 9.55. The van der Waals surface area contributed by atoms with Crippen LogP contribution in [-0.4, -0.2) is 30.1 Å². The molecule has 0 aliphatic carbocycles. The van der Waals surface area contributed by atoms with Crippen LogP contribution >= 0.6 is 0 Å². The molecule has 1 saturated heterocycles.